The number of nitrogens with zero attached hydrogens (tertiary/aromatic N) is 2. The molecule has 0 bridgehead atoms. The number of aryl methyl sites for hydroxylation is 1. The number of phenols is 18. The summed E-state index contributed by atoms with van der Waals surface area (Å²) in [5, 5.41) is 188. The number of allylic oxidation sites excluding steroid dienone is 1. The Balaban J connectivity index is 0.000000367. The molecule has 6 aromatic rings. The lowest BCUT2D eigenvalue weighted by atomic mass is 9.97. The Labute approximate surface area is 679 Å². The van der Waals surface area contributed by atoms with Gasteiger partial charge in [0.2, 0.25) is 69.9 Å². The van der Waals surface area contributed by atoms with Gasteiger partial charge < -0.3 is 140 Å². The van der Waals surface area contributed by atoms with Gasteiger partial charge in [0, 0.05) is 102 Å². The number of Topliss-reactive ketones (excluding diaryl/α,β-unsaturated/α-hetero) is 2. The fourth-order valence-electron chi connectivity index (χ4n) is 10.9. The number of carbonyl (C=O) groups is 9. The third kappa shape index (κ3) is 32.4. The van der Waals surface area contributed by atoms with Gasteiger partial charge in [0.15, 0.2) is 74.8 Å². The first-order valence-corrected chi connectivity index (χ1v) is 37.4. The second kappa shape index (κ2) is 50.0. The Hall–Kier alpha value is -13.5. The van der Waals surface area contributed by atoms with E-state index in [9.17, 15) is 115 Å². The van der Waals surface area contributed by atoms with Gasteiger partial charge in [0.05, 0.1) is 30.3 Å². The molecular formula is C80H109N11O27. The molecule has 0 aliphatic carbocycles. The minimum atomic E-state index is -0.649. The number of benzene rings is 6. The fourth-order valence-corrected chi connectivity index (χ4v) is 10.9. The minimum absolute atomic E-state index is 0.0270. The first kappa shape index (κ1) is 98.7. The maximum Gasteiger partial charge on any atom is 0.256 e. The highest BCUT2D eigenvalue weighted by atomic mass is 16.4. The second-order valence-corrected chi connectivity index (χ2v) is 26.9. The summed E-state index contributed by atoms with van der Waals surface area (Å²) in [6.07, 6.45) is 8.78. The number of amides is 7. The van der Waals surface area contributed by atoms with Crippen molar-refractivity contribution in [3.63, 3.8) is 0 Å². The van der Waals surface area contributed by atoms with Crippen molar-refractivity contribution < 1.29 is 135 Å². The van der Waals surface area contributed by atoms with Crippen molar-refractivity contribution in [2.75, 3.05) is 46.3 Å². The topological polar surface area (TPSA) is 670 Å². The van der Waals surface area contributed by atoms with E-state index < -0.39 is 87.0 Å². The number of nitrogens with one attached hydrogen (secondary N) is 7. The van der Waals surface area contributed by atoms with Crippen LogP contribution in [-0.4, -0.2) is 220 Å². The monoisotopic (exact) mass is 1660 g/mol. The normalized spacial score (nSPS) is 13.7. The Morgan fingerprint density at radius 3 is 1.37 bits per heavy atom. The highest BCUT2D eigenvalue weighted by molar-refractivity contribution is 5.90. The summed E-state index contributed by atoms with van der Waals surface area (Å²) in [6, 6.07) is 14.7. The third-order valence-corrected chi connectivity index (χ3v) is 18.2. The first-order valence-electron chi connectivity index (χ1n) is 37.4. The maximum absolute atomic E-state index is 12.3. The van der Waals surface area contributed by atoms with E-state index in [0.29, 0.717) is 93.4 Å². The number of piperidine rings is 2. The Morgan fingerprint density at radius 1 is 0.492 bits per heavy atom. The van der Waals surface area contributed by atoms with Crippen molar-refractivity contribution in [1.82, 2.24) is 42.2 Å². The minimum Gasteiger partial charge on any atom is -0.504 e. The van der Waals surface area contributed by atoms with Crippen LogP contribution in [0.5, 0.6) is 103 Å². The molecule has 2 heterocycles. The number of phenolic OH excluding ortho intramolecular Hbond substituents is 18. The molecule has 7 amide bonds. The molecule has 38 heteroatoms. The fraction of sp³-hybridized carbons (Fsp3) is 0.400. The van der Waals surface area contributed by atoms with E-state index in [4.69, 9.17) is 31.9 Å². The lowest BCUT2D eigenvalue weighted by molar-refractivity contribution is -0.140. The molecule has 2 aliphatic rings. The van der Waals surface area contributed by atoms with Crippen LogP contribution in [0.15, 0.2) is 90.2 Å². The molecule has 6 aromatic carbocycles. The van der Waals surface area contributed by atoms with Gasteiger partial charge in [0.1, 0.15) is 5.78 Å². The van der Waals surface area contributed by atoms with E-state index in [1.165, 1.54) is 93.7 Å². The standard InChI is InChI=1S/C17H23NO5.C15H20N2O4.C13H18N2O5.C12H18N2O4.C12H15NO5.C11H15N3O4/c1-11(19)13-6-2-3-10-18(13)15(21)7-4-5-12-8-9-14(20)17(23)16(12)22;1-9-2-3-11(8-17-9)15(21)16-7-6-10-4-5-12(18)14(20)13(10)19;1-8(16)14-7-5-11(18)15-6-4-9-2-3-10(17)13(20)12(9)19;1-2-8(13)12(18)14-6-5-7-3-4-9(15)11(17)10(7)16;1-13-10(16)5-3-8(14)6-7-2-4-9(15)12(18)11(7)17;1-2-7(12)11(18)14-13-5-6-3-4-8(15)10(17)9(6)16/h8-9,13,20,22-23H,2-7,10H2,1H3;4-5,11,17-20H,1-3,6-8H2,(H,16,21);2-3,17,19-20H,4-7H2,1H3,(H,14,16)(H,15,18);3-4,8,15-17H,2,5-6,13H2,1H3,(H,14,18);2,4,15,17-18H,3,5-6H2,1H3,(H,13,16);3-5,7,15-17H,2,12H2,1H3,(H,14,18)/b;;;;;13-5+/t;;;8-;;7-/m...0.0/s1. The zero-order chi connectivity index (χ0) is 88.6. The molecule has 2 unspecified atom stereocenters. The second-order valence-electron chi connectivity index (χ2n) is 26.9. The van der Waals surface area contributed by atoms with Gasteiger partial charge in [-0.15, -0.1) is 0 Å². The maximum atomic E-state index is 12.3. The number of rotatable bonds is 29. The van der Waals surface area contributed by atoms with Gasteiger partial charge in [-0.1, -0.05) is 50.8 Å². The van der Waals surface area contributed by atoms with Gasteiger partial charge >= 0.3 is 0 Å². The number of hydrogen-bond donors (Lipinski definition) is 27. The molecule has 38 nitrogen and oxygen atoms in total. The van der Waals surface area contributed by atoms with Gasteiger partial charge in [-0.2, -0.15) is 5.10 Å². The molecule has 4 atom stereocenters. The number of carbonyl (C=O) groups excluding carboxylic acids is 9. The number of hydrogen-bond acceptors (Lipinski definition) is 31. The predicted molar refractivity (Wildman–Crippen MR) is 429 cm³/mol. The summed E-state index contributed by atoms with van der Waals surface area (Å²) < 4.78 is 0. The summed E-state index contributed by atoms with van der Waals surface area (Å²) in [5.41, 5.74) is 16.3. The summed E-state index contributed by atoms with van der Waals surface area (Å²) in [6.45, 7) is 12.7. The Bertz CT molecular complexity index is 4450. The predicted octanol–water partition coefficient (Wildman–Crippen LogP) is 3.69. The van der Waals surface area contributed by atoms with Crippen molar-refractivity contribution >= 4 is 59.1 Å². The smallest absolute Gasteiger partial charge is 0.256 e. The van der Waals surface area contributed by atoms with Crippen LogP contribution in [0.4, 0.5) is 0 Å². The van der Waals surface area contributed by atoms with Crippen LogP contribution < -0.4 is 48.8 Å². The number of aromatic hydroxyl groups is 18. The van der Waals surface area contributed by atoms with Crippen LogP contribution in [0.2, 0.25) is 0 Å². The molecule has 118 heavy (non-hydrogen) atoms. The number of hydrazone groups is 1. The van der Waals surface area contributed by atoms with Crippen LogP contribution >= 0.6 is 0 Å². The number of likely N-dealkylation sites (tertiary alicyclic amines) is 1. The van der Waals surface area contributed by atoms with Crippen LogP contribution in [0.1, 0.15) is 138 Å². The Morgan fingerprint density at radius 2 is 0.924 bits per heavy atom. The van der Waals surface area contributed by atoms with E-state index in [0.717, 1.165) is 44.0 Å². The van der Waals surface area contributed by atoms with Gasteiger partial charge in [0.25, 0.3) is 5.91 Å². The molecule has 0 radical (unpaired) electrons. The van der Waals surface area contributed by atoms with Crippen molar-refractivity contribution in [2.45, 2.75) is 155 Å². The molecule has 646 valence electrons. The van der Waals surface area contributed by atoms with Crippen LogP contribution in [0.25, 0.3) is 0 Å². The number of ketones is 2. The zero-order valence-corrected chi connectivity index (χ0v) is 66.1. The van der Waals surface area contributed by atoms with E-state index >= 15 is 0 Å². The zero-order valence-electron chi connectivity index (χ0n) is 66.1. The molecule has 8 rings (SSSR count). The highest BCUT2D eigenvalue weighted by Crippen LogP contribution is 2.42. The van der Waals surface area contributed by atoms with E-state index in [-0.39, 0.29) is 150 Å². The largest absolute Gasteiger partial charge is 0.504 e. The molecule has 0 aromatic heterocycles. The summed E-state index contributed by atoms with van der Waals surface area (Å²) >= 11 is 0. The highest BCUT2D eigenvalue weighted by Gasteiger charge is 2.30. The van der Waals surface area contributed by atoms with E-state index in [1.54, 1.807) is 11.8 Å². The van der Waals surface area contributed by atoms with Gasteiger partial charge in [-0.25, -0.2) is 5.43 Å². The summed E-state index contributed by atoms with van der Waals surface area (Å²) in [4.78, 5) is 105. The molecule has 2 saturated heterocycles. The van der Waals surface area contributed by atoms with Crippen LogP contribution in [0.3, 0.4) is 0 Å². The van der Waals surface area contributed by atoms with Gasteiger partial charge in [-0.3, -0.25) is 43.2 Å². The van der Waals surface area contributed by atoms with Crippen molar-refractivity contribution in [1.29, 1.82) is 0 Å². The number of nitrogens with two attached hydrogens (primary N) is 2. The molecule has 29 N–H and O–H groups in total. The molecule has 2 aliphatic heterocycles. The van der Waals surface area contributed by atoms with Crippen molar-refractivity contribution in [3.05, 3.63) is 118 Å². The van der Waals surface area contributed by atoms with Crippen LogP contribution in [-0.2, 0) is 75.3 Å². The molecule has 0 spiro atoms. The van der Waals surface area contributed by atoms with Crippen LogP contribution in [0, 0.1) is 5.92 Å². The average molecular weight is 1660 g/mol. The van der Waals surface area contributed by atoms with Crippen molar-refractivity contribution in [3.8, 4) is 103 Å². The molecular weight excluding hydrogens is 1550 g/mol. The quantitative estimate of drug-likeness (QED) is 0.0181. The third-order valence-electron chi connectivity index (χ3n) is 18.2. The SMILES string of the molecule is C=C1CCC(C(=O)NCCc2ccc(O)c(O)c2O)CN1.CC(=O)C1CCCCN1C(=O)CCCc1ccc(O)c(O)c1O.CC(=O)NCCC(=O)NCCc1ccc(O)c(O)c1O.CC[C@H](N)C(=O)N/N=C/c1ccc(O)c(O)c1O.CC[C@H](N)C(=O)NCCc1ccc(O)c(O)c1O.CNC(=O)CCC(=O)Cc1ccc(O)c(O)c1O. The van der Waals surface area contributed by atoms with Gasteiger partial charge in [-0.05, 0) is 149 Å². The first-order chi connectivity index (χ1) is 55.7. The lowest BCUT2D eigenvalue weighted by Gasteiger charge is -2.34. The van der Waals surface area contributed by atoms with E-state index in [2.05, 4.69) is 49.0 Å². The summed E-state index contributed by atoms with van der Waals surface area (Å²) in [7, 11) is 1.48. The summed E-state index contributed by atoms with van der Waals surface area (Å²) in [5.74, 6) is -10.1. The Kier molecular flexibility index (Phi) is 41.8. The van der Waals surface area contributed by atoms with Crippen molar-refractivity contribution in [2.24, 2.45) is 22.5 Å². The van der Waals surface area contributed by atoms with E-state index in [1.807, 2.05) is 6.92 Å². The molecule has 2 fully saturated rings. The average Bonchev–Trinajstić information content (AvgIpc) is 0.871. The lowest BCUT2D eigenvalue weighted by Crippen LogP contribution is -2.47. The molecule has 0 saturated carbocycles.